The van der Waals surface area contributed by atoms with E-state index in [0.29, 0.717) is 24.5 Å². The number of aromatic nitrogens is 3. The first-order chi connectivity index (χ1) is 14.1. The maximum absolute atomic E-state index is 13.4. The van der Waals surface area contributed by atoms with Gasteiger partial charge in [0.15, 0.2) is 0 Å². The molecule has 148 valence electrons. The summed E-state index contributed by atoms with van der Waals surface area (Å²) in [6, 6.07) is 9.99. The van der Waals surface area contributed by atoms with E-state index in [1.807, 2.05) is 49.1 Å². The van der Waals surface area contributed by atoms with Gasteiger partial charge in [-0.1, -0.05) is 12.1 Å². The lowest BCUT2D eigenvalue weighted by molar-refractivity contribution is 0.0717. The summed E-state index contributed by atoms with van der Waals surface area (Å²) in [6.07, 6.45) is 5.22. The average Bonchev–Trinajstić information content (AvgIpc) is 3.33. The number of hydrogen-bond donors (Lipinski definition) is 0. The fourth-order valence-corrected chi connectivity index (χ4v) is 4.60. The number of aryl methyl sites for hydroxylation is 2. The predicted molar refractivity (Wildman–Crippen MR) is 109 cm³/mol. The van der Waals surface area contributed by atoms with Gasteiger partial charge in [0.05, 0.1) is 11.8 Å². The quantitative estimate of drug-likeness (QED) is 0.685. The highest BCUT2D eigenvalue weighted by molar-refractivity contribution is 6.00. The van der Waals surface area contributed by atoms with Crippen molar-refractivity contribution in [3.8, 4) is 11.5 Å². The summed E-state index contributed by atoms with van der Waals surface area (Å²) in [5.74, 6) is 1.29. The summed E-state index contributed by atoms with van der Waals surface area (Å²) >= 11 is 0. The molecule has 0 saturated carbocycles. The number of likely N-dealkylation sites (tertiary alicyclic amines) is 1. The molecule has 0 N–H and O–H groups in total. The second kappa shape index (κ2) is 6.99. The van der Waals surface area contributed by atoms with Gasteiger partial charge in [0.2, 0.25) is 11.8 Å². The molecule has 2 aromatic heterocycles. The van der Waals surface area contributed by atoms with Crippen LogP contribution in [0.3, 0.4) is 0 Å². The molecule has 7 nitrogen and oxygen atoms in total. The standard InChI is InChI=1S/C22H23N5O2/c1-14-11-15(2)25-22(24-14)27-16-7-8-17(27)13-26(12-16)21(28)19-6-4-3-5-18(19)20-23-9-10-29-20/h3-6,9-11,16-17H,7-8,12-13H2,1-2H3. The Morgan fingerprint density at radius 1 is 1.07 bits per heavy atom. The third-order valence-corrected chi connectivity index (χ3v) is 5.79. The maximum Gasteiger partial charge on any atom is 0.254 e. The lowest BCUT2D eigenvalue weighted by Crippen LogP contribution is -2.56. The highest BCUT2D eigenvalue weighted by Crippen LogP contribution is 2.34. The lowest BCUT2D eigenvalue weighted by Gasteiger charge is -2.41. The van der Waals surface area contributed by atoms with Crippen molar-refractivity contribution < 1.29 is 9.21 Å². The lowest BCUT2D eigenvalue weighted by atomic mass is 10.0. The highest BCUT2D eigenvalue weighted by Gasteiger charge is 2.43. The van der Waals surface area contributed by atoms with Crippen LogP contribution in [-0.4, -0.2) is 50.9 Å². The van der Waals surface area contributed by atoms with E-state index < -0.39 is 0 Å². The zero-order valence-electron chi connectivity index (χ0n) is 16.6. The maximum atomic E-state index is 13.4. The zero-order chi connectivity index (χ0) is 20.0. The van der Waals surface area contributed by atoms with Gasteiger partial charge in [-0.05, 0) is 44.9 Å². The Kier molecular flexibility index (Phi) is 4.30. The normalized spacial score (nSPS) is 20.9. The number of hydrogen-bond acceptors (Lipinski definition) is 6. The summed E-state index contributed by atoms with van der Waals surface area (Å²) in [5, 5.41) is 0. The van der Waals surface area contributed by atoms with Crippen LogP contribution in [0.15, 0.2) is 47.2 Å². The predicted octanol–water partition coefficient (Wildman–Crippen LogP) is 3.24. The molecule has 4 heterocycles. The molecule has 0 spiro atoms. The SMILES string of the molecule is Cc1cc(C)nc(N2C3CCC2CN(C(=O)c2ccccc2-c2ncco2)C3)n1. The van der Waals surface area contributed by atoms with Crippen LogP contribution < -0.4 is 4.90 Å². The first-order valence-corrected chi connectivity index (χ1v) is 9.99. The van der Waals surface area contributed by atoms with Gasteiger partial charge in [-0.25, -0.2) is 15.0 Å². The largest absolute Gasteiger partial charge is 0.445 e. The van der Waals surface area contributed by atoms with Crippen molar-refractivity contribution in [2.75, 3.05) is 18.0 Å². The topological polar surface area (TPSA) is 75.4 Å². The number of oxazole rings is 1. The van der Waals surface area contributed by atoms with E-state index in [4.69, 9.17) is 4.42 Å². The van der Waals surface area contributed by atoms with Crippen molar-refractivity contribution in [3.63, 3.8) is 0 Å². The number of carbonyl (C=O) groups excluding carboxylic acids is 1. The molecule has 7 heteroatoms. The monoisotopic (exact) mass is 389 g/mol. The van der Waals surface area contributed by atoms with Crippen LogP contribution in [0.4, 0.5) is 5.95 Å². The van der Waals surface area contributed by atoms with Gasteiger partial charge in [-0.3, -0.25) is 4.79 Å². The van der Waals surface area contributed by atoms with Crippen LogP contribution in [0, 0.1) is 13.8 Å². The first-order valence-electron chi connectivity index (χ1n) is 9.99. The molecule has 2 unspecified atom stereocenters. The van der Waals surface area contributed by atoms with Gasteiger partial charge in [-0.15, -0.1) is 0 Å². The van der Waals surface area contributed by atoms with Gasteiger partial charge in [0.25, 0.3) is 5.91 Å². The Morgan fingerprint density at radius 2 is 1.76 bits per heavy atom. The van der Waals surface area contributed by atoms with Gasteiger partial charge in [-0.2, -0.15) is 0 Å². The number of nitrogens with zero attached hydrogens (tertiary/aromatic N) is 5. The summed E-state index contributed by atoms with van der Waals surface area (Å²) in [5.41, 5.74) is 3.32. The van der Waals surface area contributed by atoms with Crippen molar-refractivity contribution in [2.45, 2.75) is 38.8 Å². The number of piperazine rings is 1. The second-order valence-corrected chi connectivity index (χ2v) is 7.84. The van der Waals surface area contributed by atoms with Crippen molar-refractivity contribution in [1.29, 1.82) is 0 Å². The van der Waals surface area contributed by atoms with Gasteiger partial charge >= 0.3 is 0 Å². The molecule has 2 bridgehead atoms. The molecule has 5 rings (SSSR count). The number of amides is 1. The van der Waals surface area contributed by atoms with Gasteiger partial charge in [0, 0.05) is 42.1 Å². The number of carbonyl (C=O) groups is 1. The van der Waals surface area contributed by atoms with Crippen molar-refractivity contribution >= 4 is 11.9 Å². The molecule has 1 aromatic carbocycles. The highest BCUT2D eigenvalue weighted by atomic mass is 16.3. The first kappa shape index (κ1) is 17.8. The Balaban J connectivity index is 1.41. The fourth-order valence-electron chi connectivity index (χ4n) is 4.60. The average molecular weight is 389 g/mol. The Hall–Kier alpha value is -3.22. The van der Waals surface area contributed by atoms with Crippen LogP contribution in [0.25, 0.3) is 11.5 Å². The minimum Gasteiger partial charge on any atom is -0.445 e. The minimum atomic E-state index is 0.0247. The van der Waals surface area contributed by atoms with Crippen molar-refractivity contribution in [2.24, 2.45) is 0 Å². The fraction of sp³-hybridized carbons (Fsp3) is 0.364. The molecule has 2 aliphatic heterocycles. The van der Waals surface area contributed by atoms with E-state index in [2.05, 4.69) is 19.9 Å². The zero-order valence-corrected chi connectivity index (χ0v) is 16.6. The Labute approximate surface area is 169 Å². The second-order valence-electron chi connectivity index (χ2n) is 7.84. The molecule has 2 atom stereocenters. The summed E-state index contributed by atoms with van der Waals surface area (Å²) in [7, 11) is 0. The van der Waals surface area contributed by atoms with Crippen molar-refractivity contribution in [1.82, 2.24) is 19.9 Å². The molecular formula is C22H23N5O2. The number of anilines is 1. The van der Waals surface area contributed by atoms with Crippen LogP contribution in [0.1, 0.15) is 34.6 Å². The summed E-state index contributed by atoms with van der Waals surface area (Å²) < 4.78 is 5.44. The van der Waals surface area contributed by atoms with Crippen LogP contribution in [-0.2, 0) is 0 Å². The van der Waals surface area contributed by atoms with E-state index in [9.17, 15) is 4.79 Å². The molecule has 1 amide bonds. The van der Waals surface area contributed by atoms with E-state index >= 15 is 0 Å². The smallest absolute Gasteiger partial charge is 0.254 e. The third kappa shape index (κ3) is 3.16. The molecule has 2 fully saturated rings. The molecule has 3 aromatic rings. The van der Waals surface area contributed by atoms with E-state index in [1.165, 1.54) is 6.26 Å². The molecule has 0 radical (unpaired) electrons. The summed E-state index contributed by atoms with van der Waals surface area (Å²) in [6.45, 7) is 5.34. The van der Waals surface area contributed by atoms with E-state index in [0.717, 1.165) is 35.7 Å². The third-order valence-electron chi connectivity index (χ3n) is 5.79. The number of rotatable bonds is 3. The minimum absolute atomic E-state index is 0.0247. The van der Waals surface area contributed by atoms with Crippen LogP contribution >= 0.6 is 0 Å². The number of benzene rings is 1. The van der Waals surface area contributed by atoms with Crippen LogP contribution in [0.2, 0.25) is 0 Å². The molecule has 2 saturated heterocycles. The number of fused-ring (bicyclic) bond motifs is 2. The van der Waals surface area contributed by atoms with Crippen LogP contribution in [0.5, 0.6) is 0 Å². The van der Waals surface area contributed by atoms with E-state index in [-0.39, 0.29) is 18.0 Å². The van der Waals surface area contributed by atoms with E-state index in [1.54, 1.807) is 6.20 Å². The Bertz CT molecular complexity index is 1010. The molecule has 29 heavy (non-hydrogen) atoms. The molecule has 0 aliphatic carbocycles. The van der Waals surface area contributed by atoms with Crippen molar-refractivity contribution in [3.05, 3.63) is 59.7 Å². The van der Waals surface area contributed by atoms with Gasteiger partial charge in [0.1, 0.15) is 6.26 Å². The van der Waals surface area contributed by atoms with Gasteiger partial charge < -0.3 is 14.2 Å². The molecule has 2 aliphatic rings. The summed E-state index contributed by atoms with van der Waals surface area (Å²) in [4.78, 5) is 31.2. The molecular weight excluding hydrogens is 366 g/mol. The Morgan fingerprint density at radius 3 is 2.41 bits per heavy atom.